The minimum absolute atomic E-state index is 0.0457. The van der Waals surface area contributed by atoms with E-state index in [1.54, 1.807) is 43.6 Å². The number of carbonyl (C=O) groups excluding carboxylic acids is 2. The molecule has 0 radical (unpaired) electrons. The molecule has 0 aliphatic heterocycles. The molecular weight excluding hydrogens is 438 g/mol. The van der Waals surface area contributed by atoms with Crippen LogP contribution in [0.5, 0.6) is 11.5 Å². The lowest BCUT2D eigenvalue weighted by atomic mass is 10.0. The van der Waals surface area contributed by atoms with Gasteiger partial charge in [0, 0.05) is 28.8 Å². The van der Waals surface area contributed by atoms with Crippen molar-refractivity contribution < 1.29 is 24.1 Å². The number of aryl methyl sites for hydroxylation is 2. The summed E-state index contributed by atoms with van der Waals surface area (Å²) in [6.07, 6.45) is 1.24. The Bertz CT molecular complexity index is 1120. The van der Waals surface area contributed by atoms with E-state index in [2.05, 4.69) is 13.8 Å². The zero-order valence-electron chi connectivity index (χ0n) is 19.6. The molecule has 33 heavy (non-hydrogen) atoms. The number of carbonyl (C=O) groups is 2. The van der Waals surface area contributed by atoms with E-state index in [0.717, 1.165) is 32.5 Å². The normalized spacial score (nSPS) is 10.8. The molecule has 6 nitrogen and oxygen atoms in total. The molecule has 0 unspecified atom stereocenters. The van der Waals surface area contributed by atoms with Gasteiger partial charge in [0.15, 0.2) is 11.5 Å². The number of ketones is 1. The first kappa shape index (κ1) is 24.5. The molecule has 3 aromatic rings. The second kappa shape index (κ2) is 11.1. The smallest absolute Gasteiger partial charge is 0.355 e. The van der Waals surface area contributed by atoms with Gasteiger partial charge in [-0.15, -0.1) is 11.3 Å². The second-order valence-electron chi connectivity index (χ2n) is 8.01. The minimum Gasteiger partial charge on any atom is -0.497 e. The molecule has 174 valence electrons. The van der Waals surface area contributed by atoms with E-state index in [1.807, 2.05) is 31.2 Å². The number of Topliss-reactive ketones (excluding diaryl/α,β-unsaturated/α-hetero) is 1. The van der Waals surface area contributed by atoms with Gasteiger partial charge >= 0.3 is 5.97 Å². The summed E-state index contributed by atoms with van der Waals surface area (Å²) in [5.41, 5.74) is 3.41. The number of aromatic nitrogens is 1. The number of nitrogens with zero attached hydrogens (tertiary/aromatic N) is 1. The van der Waals surface area contributed by atoms with Crippen molar-refractivity contribution in [1.29, 1.82) is 0 Å². The summed E-state index contributed by atoms with van der Waals surface area (Å²) in [6, 6.07) is 13.0. The molecule has 7 heteroatoms. The van der Waals surface area contributed by atoms with Crippen molar-refractivity contribution in [2.45, 2.75) is 52.9 Å². The van der Waals surface area contributed by atoms with Crippen molar-refractivity contribution in [3.05, 3.63) is 64.2 Å². The van der Waals surface area contributed by atoms with Crippen molar-refractivity contribution in [2.75, 3.05) is 7.11 Å². The lowest BCUT2D eigenvalue weighted by Crippen LogP contribution is -2.07. The van der Waals surface area contributed by atoms with E-state index in [1.165, 1.54) is 0 Å². The van der Waals surface area contributed by atoms with Crippen molar-refractivity contribution in [3.63, 3.8) is 0 Å². The molecule has 1 aromatic heterocycles. The van der Waals surface area contributed by atoms with Gasteiger partial charge in [0.2, 0.25) is 0 Å². The van der Waals surface area contributed by atoms with Gasteiger partial charge in [-0.05, 0) is 67.3 Å². The molecule has 0 fully saturated rings. The number of benzene rings is 2. The van der Waals surface area contributed by atoms with Crippen LogP contribution in [0.2, 0.25) is 0 Å². The summed E-state index contributed by atoms with van der Waals surface area (Å²) in [5.74, 6) is 1.09. The maximum Gasteiger partial charge on any atom is 0.355 e. The van der Waals surface area contributed by atoms with Crippen molar-refractivity contribution in [2.24, 2.45) is 0 Å². The van der Waals surface area contributed by atoms with Crippen LogP contribution < -0.4 is 9.62 Å². The van der Waals surface area contributed by atoms with Gasteiger partial charge in [0.25, 0.3) is 0 Å². The lowest BCUT2D eigenvalue weighted by molar-refractivity contribution is -0.213. The maximum atomic E-state index is 12.9. The number of thiazole rings is 1. The summed E-state index contributed by atoms with van der Waals surface area (Å²) in [7, 11) is 1.65. The molecule has 0 saturated carbocycles. The molecule has 0 amide bonds. The summed E-state index contributed by atoms with van der Waals surface area (Å²) in [4.78, 5) is 39.9. The lowest BCUT2D eigenvalue weighted by Gasteiger charge is -2.08. The minimum atomic E-state index is -0.450. The third kappa shape index (κ3) is 6.20. The van der Waals surface area contributed by atoms with E-state index in [4.69, 9.17) is 19.5 Å². The highest BCUT2D eigenvalue weighted by Crippen LogP contribution is 2.33. The van der Waals surface area contributed by atoms with E-state index in [9.17, 15) is 9.59 Å². The quantitative estimate of drug-likeness (QED) is 0.197. The average Bonchev–Trinajstić information content (AvgIpc) is 3.26. The predicted molar refractivity (Wildman–Crippen MR) is 129 cm³/mol. The number of hydrogen-bond donors (Lipinski definition) is 0. The summed E-state index contributed by atoms with van der Waals surface area (Å²) < 4.78 is 5.24. The largest absolute Gasteiger partial charge is 0.497 e. The fourth-order valence-corrected chi connectivity index (χ4v) is 4.51. The van der Waals surface area contributed by atoms with Gasteiger partial charge in [0.05, 0.1) is 12.8 Å². The third-order valence-electron chi connectivity index (χ3n) is 5.20. The van der Waals surface area contributed by atoms with Gasteiger partial charge in [-0.1, -0.05) is 20.8 Å². The molecule has 0 bridgehead atoms. The Morgan fingerprint density at radius 3 is 2.42 bits per heavy atom. The number of rotatable bonds is 10. The Hall–Kier alpha value is -3.19. The maximum absolute atomic E-state index is 12.9. The Labute approximate surface area is 198 Å². The molecule has 0 atom stereocenters. The first-order valence-corrected chi connectivity index (χ1v) is 11.8. The number of methoxy groups -OCH3 is 1. The van der Waals surface area contributed by atoms with Crippen LogP contribution in [0.4, 0.5) is 0 Å². The standard InChI is InChI=1S/C26H29NO5S/c1-6-24(29)32-31-22-13-9-19(15-17(22)4)21(28)12-14-23-25(16(2)3)27-26(33-23)18-7-10-20(30-5)11-8-18/h7-11,13,15-16H,6,12,14H2,1-5H3. The second-order valence-corrected chi connectivity index (χ2v) is 9.09. The van der Waals surface area contributed by atoms with Crippen LogP contribution in [0.1, 0.15) is 66.0 Å². The fraction of sp³-hybridized carbons (Fsp3) is 0.346. The van der Waals surface area contributed by atoms with Gasteiger partial charge in [0.1, 0.15) is 10.8 Å². The molecule has 0 aliphatic rings. The van der Waals surface area contributed by atoms with E-state index in [0.29, 0.717) is 24.2 Å². The van der Waals surface area contributed by atoms with Crippen LogP contribution in [0, 0.1) is 6.92 Å². The van der Waals surface area contributed by atoms with Crippen LogP contribution in [0.15, 0.2) is 42.5 Å². The Kier molecular flexibility index (Phi) is 8.22. The van der Waals surface area contributed by atoms with Crippen LogP contribution >= 0.6 is 11.3 Å². The molecule has 0 aliphatic carbocycles. The van der Waals surface area contributed by atoms with Crippen LogP contribution in [-0.2, 0) is 16.1 Å². The zero-order chi connectivity index (χ0) is 24.0. The average molecular weight is 468 g/mol. The van der Waals surface area contributed by atoms with Crippen molar-refractivity contribution in [1.82, 2.24) is 4.98 Å². The fourth-order valence-electron chi connectivity index (χ4n) is 3.29. The van der Waals surface area contributed by atoms with Gasteiger partial charge in [-0.2, -0.15) is 0 Å². The topological polar surface area (TPSA) is 74.7 Å². The van der Waals surface area contributed by atoms with Crippen molar-refractivity contribution in [3.8, 4) is 22.1 Å². The highest BCUT2D eigenvalue weighted by molar-refractivity contribution is 7.15. The zero-order valence-corrected chi connectivity index (χ0v) is 20.5. The number of hydrogen-bond acceptors (Lipinski definition) is 7. The van der Waals surface area contributed by atoms with Crippen LogP contribution in [0.25, 0.3) is 10.6 Å². The number of ether oxygens (including phenoxy) is 1. The monoisotopic (exact) mass is 467 g/mol. The highest BCUT2D eigenvalue weighted by atomic mass is 32.1. The van der Waals surface area contributed by atoms with Gasteiger partial charge < -0.3 is 4.74 Å². The first-order chi connectivity index (χ1) is 15.8. The SMILES string of the molecule is CCC(=O)OOc1ccc(C(=O)CCc2sc(-c3ccc(OC)cc3)nc2C(C)C)cc1C. The van der Waals surface area contributed by atoms with Crippen LogP contribution in [-0.4, -0.2) is 23.8 Å². The molecule has 0 spiro atoms. The Balaban J connectivity index is 1.70. The summed E-state index contributed by atoms with van der Waals surface area (Å²) in [6.45, 7) is 7.73. The molecular formula is C26H29NO5S. The van der Waals surface area contributed by atoms with E-state index < -0.39 is 5.97 Å². The van der Waals surface area contributed by atoms with Crippen molar-refractivity contribution >= 4 is 23.1 Å². The van der Waals surface area contributed by atoms with Gasteiger partial charge in [-0.3, -0.25) is 14.6 Å². The molecule has 0 saturated heterocycles. The first-order valence-electron chi connectivity index (χ1n) is 11.0. The summed E-state index contributed by atoms with van der Waals surface area (Å²) >= 11 is 1.64. The summed E-state index contributed by atoms with van der Waals surface area (Å²) in [5, 5.41) is 0.947. The van der Waals surface area contributed by atoms with E-state index in [-0.39, 0.29) is 18.1 Å². The molecule has 3 rings (SSSR count). The Morgan fingerprint density at radius 2 is 1.82 bits per heavy atom. The molecule has 2 aromatic carbocycles. The molecule has 1 heterocycles. The third-order valence-corrected chi connectivity index (χ3v) is 6.38. The van der Waals surface area contributed by atoms with Crippen LogP contribution in [0.3, 0.4) is 0 Å². The Morgan fingerprint density at radius 1 is 1.09 bits per heavy atom. The van der Waals surface area contributed by atoms with Gasteiger partial charge in [-0.25, -0.2) is 9.78 Å². The molecule has 0 N–H and O–H groups in total. The predicted octanol–water partition coefficient (Wildman–Crippen LogP) is 6.31. The highest BCUT2D eigenvalue weighted by Gasteiger charge is 2.18. The van der Waals surface area contributed by atoms with E-state index >= 15 is 0 Å².